The number of benzene rings is 2. The molecule has 0 aliphatic carbocycles. The first-order valence-electron chi connectivity index (χ1n) is 13.6. The SMILES string of the molecule is CCOC(=O)CS(=O)(=O)N1c2cc(C(N)=O)c(OC3CCN(C(C)=N)CC3)cc2CC1/C=C/c1cccc(C(=N)N)c1.Cl.Cl. The van der Waals surface area contributed by atoms with Crippen LogP contribution in [0.25, 0.3) is 6.08 Å². The molecule has 0 spiro atoms. The van der Waals surface area contributed by atoms with Gasteiger partial charge in [-0.05, 0) is 49.6 Å². The minimum absolute atomic E-state index is 0. The van der Waals surface area contributed by atoms with E-state index in [1.807, 2.05) is 4.90 Å². The van der Waals surface area contributed by atoms with Crippen molar-refractivity contribution in [2.24, 2.45) is 11.5 Å². The molecule has 0 saturated carbocycles. The summed E-state index contributed by atoms with van der Waals surface area (Å²) in [5, 5.41) is 15.5. The average molecular weight is 670 g/mol. The van der Waals surface area contributed by atoms with Crippen LogP contribution in [0, 0.1) is 10.8 Å². The van der Waals surface area contributed by atoms with Gasteiger partial charge in [-0.1, -0.05) is 30.4 Å². The van der Waals surface area contributed by atoms with Crippen LogP contribution in [-0.2, 0) is 26.0 Å². The predicted molar refractivity (Wildman–Crippen MR) is 175 cm³/mol. The summed E-state index contributed by atoms with van der Waals surface area (Å²) < 4.78 is 39.5. The number of carbonyl (C=O) groups is 2. The number of sulfonamides is 1. The zero-order chi connectivity index (χ0) is 30.6. The topological polar surface area (TPSA) is 193 Å². The quantitative estimate of drug-likeness (QED) is 0.168. The third kappa shape index (κ3) is 8.42. The lowest BCUT2D eigenvalue weighted by Gasteiger charge is -2.33. The van der Waals surface area contributed by atoms with E-state index in [0.717, 1.165) is 4.31 Å². The Labute approximate surface area is 269 Å². The zero-order valence-corrected chi connectivity index (χ0v) is 26.9. The van der Waals surface area contributed by atoms with E-state index in [9.17, 15) is 18.0 Å². The smallest absolute Gasteiger partial charge is 0.323 e. The number of amidine groups is 2. The number of likely N-dealkylation sites (tertiary alicyclic amines) is 1. The predicted octanol–water partition coefficient (Wildman–Crippen LogP) is 3.09. The summed E-state index contributed by atoms with van der Waals surface area (Å²) in [6, 6.07) is 9.29. The highest BCUT2D eigenvalue weighted by Crippen LogP contribution is 2.40. The van der Waals surface area contributed by atoms with Crippen LogP contribution in [0.4, 0.5) is 5.69 Å². The molecule has 2 heterocycles. The number of fused-ring (bicyclic) bond motifs is 1. The number of amides is 1. The van der Waals surface area contributed by atoms with Crippen molar-refractivity contribution in [3.8, 4) is 5.75 Å². The summed E-state index contributed by atoms with van der Waals surface area (Å²) in [7, 11) is -4.23. The van der Waals surface area contributed by atoms with Gasteiger partial charge in [0.1, 0.15) is 17.7 Å². The van der Waals surface area contributed by atoms with Gasteiger partial charge < -0.3 is 25.8 Å². The van der Waals surface area contributed by atoms with Crippen molar-refractivity contribution in [1.29, 1.82) is 10.8 Å². The number of nitrogens with two attached hydrogens (primary N) is 2. The van der Waals surface area contributed by atoms with E-state index in [1.165, 1.54) is 6.07 Å². The van der Waals surface area contributed by atoms with Gasteiger partial charge in [-0.2, -0.15) is 0 Å². The zero-order valence-electron chi connectivity index (χ0n) is 24.4. The molecule has 1 fully saturated rings. The fourth-order valence-electron chi connectivity index (χ4n) is 5.20. The van der Waals surface area contributed by atoms with Crippen molar-refractivity contribution < 1.29 is 27.5 Å². The number of carbonyl (C=O) groups excluding carboxylic acids is 2. The molecule has 1 unspecified atom stereocenters. The number of anilines is 1. The van der Waals surface area contributed by atoms with E-state index in [0.29, 0.717) is 48.5 Å². The largest absolute Gasteiger partial charge is 0.489 e. The maximum Gasteiger partial charge on any atom is 0.323 e. The number of piperidine rings is 1. The molecule has 12 nitrogen and oxygen atoms in total. The number of halogens is 2. The molecular formula is C29H38Cl2N6O6S. The summed E-state index contributed by atoms with van der Waals surface area (Å²) in [6.45, 7) is 4.65. The van der Waals surface area contributed by atoms with Crippen LogP contribution in [0.1, 0.15) is 53.7 Å². The number of primary amides is 1. The lowest BCUT2D eigenvalue weighted by Crippen LogP contribution is -2.40. The van der Waals surface area contributed by atoms with E-state index in [4.69, 9.17) is 31.8 Å². The van der Waals surface area contributed by atoms with Gasteiger partial charge in [0.05, 0.1) is 29.7 Å². The summed E-state index contributed by atoms with van der Waals surface area (Å²) in [5.74, 6) is -1.87. The Balaban J connectivity index is 0.00000337. The number of nitrogens with one attached hydrogen (secondary N) is 2. The Morgan fingerprint density at radius 2 is 1.77 bits per heavy atom. The number of nitrogen functional groups attached to an aromatic ring is 1. The maximum absolute atomic E-state index is 13.6. The van der Waals surface area contributed by atoms with Gasteiger partial charge in [-0.15, -0.1) is 24.8 Å². The van der Waals surface area contributed by atoms with Crippen molar-refractivity contribution in [2.75, 3.05) is 29.8 Å². The van der Waals surface area contributed by atoms with Gasteiger partial charge in [0.15, 0.2) is 5.75 Å². The molecule has 2 aliphatic heterocycles. The highest BCUT2D eigenvalue weighted by Gasteiger charge is 2.39. The molecule has 240 valence electrons. The highest BCUT2D eigenvalue weighted by molar-refractivity contribution is 7.93. The molecule has 44 heavy (non-hydrogen) atoms. The van der Waals surface area contributed by atoms with E-state index in [1.54, 1.807) is 56.3 Å². The van der Waals surface area contributed by atoms with E-state index < -0.39 is 33.7 Å². The Hall–Kier alpha value is -3.81. The second kappa shape index (κ2) is 15.3. The summed E-state index contributed by atoms with van der Waals surface area (Å²) >= 11 is 0. The first kappa shape index (κ1) is 36.4. The van der Waals surface area contributed by atoms with Gasteiger partial charge in [0, 0.05) is 31.5 Å². The van der Waals surface area contributed by atoms with Gasteiger partial charge in [-0.25, -0.2) is 8.42 Å². The van der Waals surface area contributed by atoms with Crippen molar-refractivity contribution in [3.05, 3.63) is 64.7 Å². The van der Waals surface area contributed by atoms with E-state index >= 15 is 0 Å². The maximum atomic E-state index is 13.6. The van der Waals surface area contributed by atoms with Crippen LogP contribution in [0.2, 0.25) is 0 Å². The molecule has 4 rings (SSSR count). The standard InChI is InChI=1S/C29H36N6O6S.2ClH/c1-3-40-27(36)17-42(38,39)35-22(8-7-19-5-4-6-20(13-19)28(31)32)14-21-15-26(24(29(33)37)16-25(21)35)41-23-9-11-34(12-10-23)18(2)30;;/h4-8,13,15-16,22-23,30H,3,9-12,14,17H2,1-2H3,(H3,31,32)(H2,33,37);2*1H/b8-7+,30-18?;;. The number of ether oxygens (including phenoxy) is 2. The summed E-state index contributed by atoms with van der Waals surface area (Å²) in [4.78, 5) is 26.7. The highest BCUT2D eigenvalue weighted by atomic mass is 35.5. The number of nitrogens with zero attached hydrogens (tertiary/aromatic N) is 2. The Morgan fingerprint density at radius 3 is 2.36 bits per heavy atom. The molecule has 2 aliphatic rings. The first-order chi connectivity index (χ1) is 19.9. The summed E-state index contributed by atoms with van der Waals surface area (Å²) in [5.41, 5.74) is 13.4. The van der Waals surface area contributed by atoms with Crippen LogP contribution in [0.15, 0.2) is 42.5 Å². The molecule has 1 amide bonds. The van der Waals surface area contributed by atoms with E-state index in [-0.39, 0.29) is 66.8 Å². The first-order valence-corrected chi connectivity index (χ1v) is 15.2. The van der Waals surface area contributed by atoms with Crippen LogP contribution >= 0.6 is 24.8 Å². The van der Waals surface area contributed by atoms with Crippen LogP contribution in [0.5, 0.6) is 5.75 Å². The van der Waals surface area contributed by atoms with Crippen LogP contribution in [-0.4, -0.2) is 74.5 Å². The number of esters is 1. The molecule has 2 aromatic rings. The van der Waals surface area contributed by atoms with Gasteiger partial charge >= 0.3 is 5.97 Å². The monoisotopic (exact) mass is 668 g/mol. The Bertz CT molecular complexity index is 1540. The van der Waals surface area contributed by atoms with Crippen LogP contribution < -0.4 is 20.5 Å². The third-order valence-corrected chi connectivity index (χ3v) is 8.91. The van der Waals surface area contributed by atoms with Crippen molar-refractivity contribution >= 4 is 70.1 Å². The minimum Gasteiger partial charge on any atom is -0.489 e. The van der Waals surface area contributed by atoms with Crippen molar-refractivity contribution in [3.63, 3.8) is 0 Å². The van der Waals surface area contributed by atoms with Crippen LogP contribution in [0.3, 0.4) is 0 Å². The second-order valence-electron chi connectivity index (χ2n) is 10.3. The fraction of sp³-hybridized carbons (Fsp3) is 0.379. The third-order valence-electron chi connectivity index (χ3n) is 7.24. The lowest BCUT2D eigenvalue weighted by molar-refractivity contribution is -0.139. The van der Waals surface area contributed by atoms with E-state index in [2.05, 4.69) is 0 Å². The molecule has 2 aromatic carbocycles. The molecule has 15 heteroatoms. The number of hydrogen-bond donors (Lipinski definition) is 4. The minimum atomic E-state index is -4.23. The molecular weight excluding hydrogens is 631 g/mol. The molecule has 1 saturated heterocycles. The average Bonchev–Trinajstić information content (AvgIpc) is 3.30. The molecule has 0 bridgehead atoms. The number of rotatable bonds is 10. The summed E-state index contributed by atoms with van der Waals surface area (Å²) in [6.07, 6.45) is 4.77. The van der Waals surface area contributed by atoms with Gasteiger partial charge in [0.25, 0.3) is 5.91 Å². The van der Waals surface area contributed by atoms with Crippen molar-refractivity contribution in [1.82, 2.24) is 4.90 Å². The van der Waals surface area contributed by atoms with Gasteiger partial charge in [-0.3, -0.25) is 24.7 Å². The number of hydrogen-bond acceptors (Lipinski definition) is 8. The second-order valence-corrected chi connectivity index (χ2v) is 12.1. The molecule has 1 atom stereocenters. The van der Waals surface area contributed by atoms with Crippen molar-refractivity contribution in [2.45, 2.75) is 45.3 Å². The molecule has 0 aromatic heterocycles. The van der Waals surface area contributed by atoms with Gasteiger partial charge in [0.2, 0.25) is 10.0 Å². The fourth-order valence-corrected chi connectivity index (χ4v) is 6.75. The Morgan fingerprint density at radius 1 is 1.09 bits per heavy atom. The normalized spacial score (nSPS) is 16.5. The molecule has 6 N–H and O–H groups in total. The lowest BCUT2D eigenvalue weighted by atomic mass is 10.0. The molecule has 0 radical (unpaired) electrons. The Kier molecular flexibility index (Phi) is 12.6.